The van der Waals surface area contributed by atoms with Gasteiger partial charge in [-0.1, -0.05) is 17.3 Å². The number of ether oxygens (including phenoxy) is 1. The van der Waals surface area contributed by atoms with Crippen molar-refractivity contribution < 1.29 is 13.5 Å². The molecule has 0 saturated carbocycles. The van der Waals surface area contributed by atoms with Crippen LogP contribution in [0.2, 0.25) is 0 Å². The average molecular weight is 269 g/mol. The Labute approximate surface area is 108 Å². The Bertz CT molecular complexity index is 528. The number of aromatic nitrogens is 3. The zero-order valence-electron chi connectivity index (χ0n) is 10.1. The van der Waals surface area contributed by atoms with Gasteiger partial charge in [0.05, 0.1) is 17.9 Å². The summed E-state index contributed by atoms with van der Waals surface area (Å²) >= 11 is 0. The molecule has 19 heavy (non-hydrogen) atoms. The van der Waals surface area contributed by atoms with Crippen LogP contribution in [-0.2, 0) is 7.05 Å². The van der Waals surface area contributed by atoms with Crippen LogP contribution in [0.3, 0.4) is 0 Å². The molecule has 1 heterocycles. The zero-order valence-corrected chi connectivity index (χ0v) is 10.1. The van der Waals surface area contributed by atoms with Crippen LogP contribution >= 0.6 is 0 Å². The van der Waals surface area contributed by atoms with Gasteiger partial charge in [-0.15, -0.1) is 5.10 Å². The number of halogens is 2. The lowest BCUT2D eigenvalue weighted by Gasteiger charge is -2.16. The van der Waals surface area contributed by atoms with Crippen LogP contribution in [0.4, 0.5) is 8.78 Å². The molecular formula is C11H13F2N5O. The topological polar surface area (TPSA) is 78.0 Å². The van der Waals surface area contributed by atoms with E-state index < -0.39 is 6.61 Å². The average Bonchev–Trinajstić information content (AvgIpc) is 2.78. The lowest BCUT2D eigenvalue weighted by atomic mass is 10.0. The summed E-state index contributed by atoms with van der Waals surface area (Å²) in [7, 11) is 1.74. The first-order valence-electron chi connectivity index (χ1n) is 5.47. The Kier molecular flexibility index (Phi) is 4.03. The predicted molar refractivity (Wildman–Crippen MR) is 63.2 cm³/mol. The van der Waals surface area contributed by atoms with Crippen molar-refractivity contribution in [2.45, 2.75) is 12.7 Å². The van der Waals surface area contributed by atoms with Gasteiger partial charge in [0.2, 0.25) is 0 Å². The minimum absolute atomic E-state index is 0.0950. The summed E-state index contributed by atoms with van der Waals surface area (Å²) < 4.78 is 30.0. The molecule has 0 spiro atoms. The van der Waals surface area contributed by atoms with E-state index in [9.17, 15) is 8.78 Å². The van der Waals surface area contributed by atoms with E-state index >= 15 is 0 Å². The maximum absolute atomic E-state index is 12.0. The number of hydrogen-bond acceptors (Lipinski definition) is 5. The Morgan fingerprint density at radius 3 is 2.47 bits per heavy atom. The third-order valence-corrected chi connectivity index (χ3v) is 2.65. The lowest BCUT2D eigenvalue weighted by molar-refractivity contribution is -0.0498. The molecule has 1 aromatic heterocycles. The van der Waals surface area contributed by atoms with Crippen LogP contribution in [0, 0.1) is 0 Å². The molecule has 102 valence electrons. The molecule has 0 aliphatic heterocycles. The number of nitrogens with two attached hydrogens (primary N) is 1. The van der Waals surface area contributed by atoms with Crippen molar-refractivity contribution in [2.75, 3.05) is 0 Å². The maximum atomic E-state index is 12.0. The monoisotopic (exact) mass is 269 g/mol. The molecule has 0 fully saturated rings. The third-order valence-electron chi connectivity index (χ3n) is 2.65. The van der Waals surface area contributed by atoms with Gasteiger partial charge in [-0.25, -0.2) is 5.43 Å². The molecule has 0 bridgehead atoms. The molecule has 2 aromatic rings. The SMILES string of the molecule is Cn1nncc1C(NN)c1ccc(OC(F)F)cc1. The molecule has 8 heteroatoms. The molecule has 0 aliphatic rings. The number of aryl methyl sites for hydroxylation is 1. The van der Waals surface area contributed by atoms with Gasteiger partial charge in [0, 0.05) is 7.05 Å². The van der Waals surface area contributed by atoms with E-state index in [0.717, 1.165) is 11.3 Å². The molecule has 1 unspecified atom stereocenters. The largest absolute Gasteiger partial charge is 0.435 e. The van der Waals surface area contributed by atoms with Crippen molar-refractivity contribution in [1.82, 2.24) is 20.4 Å². The highest BCUT2D eigenvalue weighted by atomic mass is 19.3. The summed E-state index contributed by atoms with van der Waals surface area (Å²) in [5.74, 6) is 5.61. The van der Waals surface area contributed by atoms with Crippen LogP contribution in [-0.4, -0.2) is 21.6 Å². The summed E-state index contributed by atoms with van der Waals surface area (Å²) in [5.41, 5.74) is 4.17. The van der Waals surface area contributed by atoms with Crippen molar-refractivity contribution in [3.8, 4) is 5.75 Å². The molecule has 1 aromatic carbocycles. The van der Waals surface area contributed by atoms with Gasteiger partial charge < -0.3 is 4.74 Å². The first-order chi connectivity index (χ1) is 9.11. The molecule has 3 N–H and O–H groups in total. The number of hydrazine groups is 1. The Morgan fingerprint density at radius 2 is 2.00 bits per heavy atom. The van der Waals surface area contributed by atoms with Crippen LogP contribution in [0.15, 0.2) is 30.5 Å². The molecule has 0 amide bonds. The van der Waals surface area contributed by atoms with Crippen LogP contribution in [0.25, 0.3) is 0 Å². The van der Waals surface area contributed by atoms with Crippen LogP contribution in [0.5, 0.6) is 5.75 Å². The number of benzene rings is 1. The molecule has 0 radical (unpaired) electrons. The second-order valence-electron chi connectivity index (χ2n) is 3.83. The minimum Gasteiger partial charge on any atom is -0.435 e. The van der Waals surface area contributed by atoms with Gasteiger partial charge in [0.1, 0.15) is 5.75 Å². The molecule has 1 atom stereocenters. The van der Waals surface area contributed by atoms with E-state index in [4.69, 9.17) is 5.84 Å². The molecule has 6 nitrogen and oxygen atoms in total. The summed E-state index contributed by atoms with van der Waals surface area (Å²) in [5, 5.41) is 7.58. The second-order valence-corrected chi connectivity index (χ2v) is 3.83. The summed E-state index contributed by atoms with van der Waals surface area (Å²) in [6.07, 6.45) is 1.58. The molecular weight excluding hydrogens is 256 g/mol. The first kappa shape index (κ1) is 13.4. The number of hydrogen-bond donors (Lipinski definition) is 2. The van der Waals surface area contributed by atoms with E-state index in [1.165, 1.54) is 12.1 Å². The van der Waals surface area contributed by atoms with Crippen LogP contribution < -0.4 is 16.0 Å². The fourth-order valence-corrected chi connectivity index (χ4v) is 1.75. The number of rotatable bonds is 5. The first-order valence-corrected chi connectivity index (χ1v) is 5.47. The lowest BCUT2D eigenvalue weighted by Crippen LogP contribution is -2.30. The van der Waals surface area contributed by atoms with E-state index in [1.54, 1.807) is 30.1 Å². The number of nitrogens with one attached hydrogen (secondary N) is 1. The Morgan fingerprint density at radius 1 is 1.32 bits per heavy atom. The summed E-state index contributed by atoms with van der Waals surface area (Å²) in [6, 6.07) is 5.87. The van der Waals surface area contributed by atoms with Crippen molar-refractivity contribution >= 4 is 0 Å². The van der Waals surface area contributed by atoms with E-state index in [0.29, 0.717) is 0 Å². The molecule has 0 saturated heterocycles. The van der Waals surface area contributed by atoms with E-state index in [1.807, 2.05) is 0 Å². The highest BCUT2D eigenvalue weighted by molar-refractivity contribution is 5.32. The smallest absolute Gasteiger partial charge is 0.387 e. The van der Waals surface area contributed by atoms with Crippen LogP contribution in [0.1, 0.15) is 17.3 Å². The van der Waals surface area contributed by atoms with Crippen molar-refractivity contribution in [1.29, 1.82) is 0 Å². The minimum atomic E-state index is -2.84. The van der Waals surface area contributed by atoms with Crippen molar-refractivity contribution in [3.63, 3.8) is 0 Å². The normalized spacial score (nSPS) is 12.7. The van der Waals surface area contributed by atoms with Crippen molar-refractivity contribution in [2.24, 2.45) is 12.9 Å². The fraction of sp³-hybridized carbons (Fsp3) is 0.273. The van der Waals surface area contributed by atoms with E-state index in [2.05, 4.69) is 20.5 Å². The maximum Gasteiger partial charge on any atom is 0.387 e. The van der Waals surface area contributed by atoms with Gasteiger partial charge in [0.25, 0.3) is 0 Å². The highest BCUT2D eigenvalue weighted by Crippen LogP contribution is 2.23. The molecule has 0 aliphatic carbocycles. The third kappa shape index (κ3) is 3.04. The van der Waals surface area contributed by atoms with Crippen molar-refractivity contribution in [3.05, 3.63) is 41.7 Å². The Hall–Kier alpha value is -2.06. The Balaban J connectivity index is 2.22. The van der Waals surface area contributed by atoms with Gasteiger partial charge in [-0.05, 0) is 17.7 Å². The highest BCUT2D eigenvalue weighted by Gasteiger charge is 2.16. The fourth-order valence-electron chi connectivity index (χ4n) is 1.75. The van der Waals surface area contributed by atoms with E-state index in [-0.39, 0.29) is 11.8 Å². The number of alkyl halides is 2. The van der Waals surface area contributed by atoms with Gasteiger partial charge >= 0.3 is 6.61 Å². The molecule has 2 rings (SSSR count). The van der Waals surface area contributed by atoms with Gasteiger partial charge in [-0.2, -0.15) is 8.78 Å². The zero-order chi connectivity index (χ0) is 13.8. The summed E-state index contributed by atoms with van der Waals surface area (Å²) in [4.78, 5) is 0. The standard InChI is InChI=1S/C11H13F2N5O/c1-18-9(6-15-17-18)10(16-14)7-2-4-8(5-3-7)19-11(12)13/h2-6,10-11,16H,14H2,1H3. The quantitative estimate of drug-likeness (QED) is 0.624. The van der Waals surface area contributed by atoms with Gasteiger partial charge in [-0.3, -0.25) is 10.5 Å². The van der Waals surface area contributed by atoms with Gasteiger partial charge in [0.15, 0.2) is 0 Å². The predicted octanol–water partition coefficient (Wildman–Crippen LogP) is 0.969. The summed E-state index contributed by atoms with van der Waals surface area (Å²) in [6.45, 7) is -2.84. The number of nitrogens with zero attached hydrogens (tertiary/aromatic N) is 3. The second kappa shape index (κ2) is 5.72.